The van der Waals surface area contributed by atoms with E-state index < -0.39 is 47.9 Å². The van der Waals surface area contributed by atoms with E-state index in [2.05, 4.69) is 25.9 Å². The molecule has 12 heteroatoms. The average Bonchev–Trinajstić information content (AvgIpc) is 3.35. The van der Waals surface area contributed by atoms with Crippen LogP contribution in [0.3, 0.4) is 0 Å². The summed E-state index contributed by atoms with van der Waals surface area (Å²) in [5.74, 6) is -3.31. The van der Waals surface area contributed by atoms with Crippen molar-refractivity contribution in [3.63, 3.8) is 0 Å². The number of imidazole rings is 1. The third-order valence-corrected chi connectivity index (χ3v) is 5.91. The van der Waals surface area contributed by atoms with Crippen LogP contribution in [0, 0.1) is 11.8 Å². The van der Waals surface area contributed by atoms with Gasteiger partial charge in [0, 0.05) is 24.7 Å². The number of benzene rings is 1. The molecule has 12 nitrogen and oxygen atoms in total. The van der Waals surface area contributed by atoms with Gasteiger partial charge in [-0.05, 0) is 36.0 Å². The van der Waals surface area contributed by atoms with Crippen molar-refractivity contribution < 1.29 is 29.4 Å². The van der Waals surface area contributed by atoms with Gasteiger partial charge < -0.3 is 36.9 Å². The number of amides is 3. The molecule has 4 unspecified atom stereocenters. The van der Waals surface area contributed by atoms with Crippen LogP contribution >= 0.6 is 0 Å². The molecule has 2 aromatic rings. The van der Waals surface area contributed by atoms with Crippen LogP contribution in [0.2, 0.25) is 0 Å². The standard InChI is InChI=1S/C26H38N6O6/c1-14(2)9-21(26(37)38)31-25(36)22(15(3)4)32-24(35)20(10-16-5-7-18(33)8-6-16)30-23(34)19(27)11-17-12-28-13-29-17/h5-8,12-15,19-22,33H,9-11,27H2,1-4H3,(H,28,29)(H,30,34)(H,31,36)(H,32,35)(H,37,38). The smallest absolute Gasteiger partial charge is 0.326 e. The number of nitrogens with zero attached hydrogens (tertiary/aromatic N) is 1. The first-order chi connectivity index (χ1) is 17.9. The molecule has 1 aromatic heterocycles. The lowest BCUT2D eigenvalue weighted by Crippen LogP contribution is -2.59. The van der Waals surface area contributed by atoms with Crippen molar-refractivity contribution in [1.29, 1.82) is 0 Å². The van der Waals surface area contributed by atoms with E-state index in [9.17, 15) is 29.4 Å². The zero-order valence-electron chi connectivity index (χ0n) is 22.1. The Bertz CT molecular complexity index is 1070. The summed E-state index contributed by atoms with van der Waals surface area (Å²) in [6.07, 6.45) is 3.47. The maximum Gasteiger partial charge on any atom is 0.326 e. The maximum absolute atomic E-state index is 13.4. The molecule has 2 rings (SSSR count). The molecule has 0 fully saturated rings. The van der Waals surface area contributed by atoms with Crippen molar-refractivity contribution >= 4 is 23.7 Å². The molecule has 0 saturated heterocycles. The number of hydrogen-bond donors (Lipinski definition) is 7. The highest BCUT2D eigenvalue weighted by Crippen LogP contribution is 2.13. The van der Waals surface area contributed by atoms with E-state index in [1.807, 2.05) is 13.8 Å². The van der Waals surface area contributed by atoms with Gasteiger partial charge in [0.15, 0.2) is 0 Å². The number of carbonyl (C=O) groups is 4. The predicted molar refractivity (Wildman–Crippen MR) is 140 cm³/mol. The number of aromatic nitrogens is 2. The van der Waals surface area contributed by atoms with Crippen LogP contribution in [0.1, 0.15) is 45.4 Å². The second-order valence-electron chi connectivity index (χ2n) is 10.1. The Labute approximate surface area is 221 Å². The number of carbonyl (C=O) groups excluding carboxylic acids is 3. The molecular formula is C26H38N6O6. The number of rotatable bonds is 14. The molecule has 1 heterocycles. The number of nitrogens with two attached hydrogens (primary N) is 1. The van der Waals surface area contributed by atoms with Crippen molar-refractivity contribution in [3.05, 3.63) is 48.0 Å². The zero-order chi connectivity index (χ0) is 28.4. The van der Waals surface area contributed by atoms with Crippen LogP contribution in [0.15, 0.2) is 36.8 Å². The van der Waals surface area contributed by atoms with E-state index in [0.29, 0.717) is 11.3 Å². The third kappa shape index (κ3) is 9.51. The molecule has 3 amide bonds. The van der Waals surface area contributed by atoms with Crippen LogP contribution in [-0.4, -0.2) is 68.0 Å². The number of carboxylic acids is 1. The van der Waals surface area contributed by atoms with Crippen LogP contribution in [0.25, 0.3) is 0 Å². The Morgan fingerprint density at radius 1 is 0.921 bits per heavy atom. The summed E-state index contributed by atoms with van der Waals surface area (Å²) < 4.78 is 0. The van der Waals surface area contributed by atoms with E-state index in [4.69, 9.17) is 5.73 Å². The number of phenolic OH excluding ortho intramolecular Hbond substituents is 1. The minimum Gasteiger partial charge on any atom is -0.508 e. The zero-order valence-corrected chi connectivity index (χ0v) is 22.1. The van der Waals surface area contributed by atoms with Crippen molar-refractivity contribution in [1.82, 2.24) is 25.9 Å². The van der Waals surface area contributed by atoms with Crippen LogP contribution in [0.4, 0.5) is 0 Å². The summed E-state index contributed by atoms with van der Waals surface area (Å²) in [5, 5.41) is 26.9. The Morgan fingerprint density at radius 3 is 2.08 bits per heavy atom. The minimum atomic E-state index is -1.16. The largest absolute Gasteiger partial charge is 0.508 e. The van der Waals surface area contributed by atoms with Gasteiger partial charge in [-0.25, -0.2) is 9.78 Å². The van der Waals surface area contributed by atoms with Crippen LogP contribution in [-0.2, 0) is 32.0 Å². The van der Waals surface area contributed by atoms with Gasteiger partial charge in [0.1, 0.15) is 23.9 Å². The van der Waals surface area contributed by atoms with Gasteiger partial charge in [0.05, 0.1) is 12.4 Å². The molecule has 208 valence electrons. The average molecular weight is 531 g/mol. The number of aromatic hydroxyl groups is 1. The molecule has 0 aliphatic carbocycles. The fraction of sp³-hybridized carbons (Fsp3) is 0.500. The van der Waals surface area contributed by atoms with Gasteiger partial charge in [-0.3, -0.25) is 14.4 Å². The molecule has 38 heavy (non-hydrogen) atoms. The van der Waals surface area contributed by atoms with E-state index in [1.165, 1.54) is 18.5 Å². The van der Waals surface area contributed by atoms with Gasteiger partial charge in [-0.2, -0.15) is 0 Å². The highest BCUT2D eigenvalue weighted by Gasteiger charge is 2.32. The summed E-state index contributed by atoms with van der Waals surface area (Å²) in [6, 6.07) is 1.93. The fourth-order valence-corrected chi connectivity index (χ4v) is 3.82. The fourth-order valence-electron chi connectivity index (χ4n) is 3.82. The number of H-pyrrole nitrogens is 1. The van der Waals surface area contributed by atoms with Gasteiger partial charge in [-0.1, -0.05) is 39.8 Å². The molecule has 1 aromatic carbocycles. The van der Waals surface area contributed by atoms with Crippen LogP contribution < -0.4 is 21.7 Å². The van der Waals surface area contributed by atoms with Crippen molar-refractivity contribution in [2.75, 3.05) is 0 Å². The number of phenols is 1. The number of carboxylic acid groups (broad SMARTS) is 1. The molecule has 0 aliphatic heterocycles. The minimum absolute atomic E-state index is 0.0272. The molecular weight excluding hydrogens is 492 g/mol. The topological polar surface area (TPSA) is 200 Å². The van der Waals surface area contributed by atoms with Gasteiger partial charge in [0.2, 0.25) is 17.7 Å². The lowest BCUT2D eigenvalue weighted by Gasteiger charge is -2.27. The van der Waals surface area contributed by atoms with Crippen molar-refractivity contribution in [2.24, 2.45) is 17.6 Å². The van der Waals surface area contributed by atoms with E-state index in [-0.39, 0.29) is 36.8 Å². The first kappa shape index (κ1) is 30.3. The van der Waals surface area contributed by atoms with Gasteiger partial charge >= 0.3 is 5.97 Å². The number of aliphatic carboxylic acids is 1. The second-order valence-corrected chi connectivity index (χ2v) is 10.1. The highest BCUT2D eigenvalue weighted by molar-refractivity contribution is 5.94. The molecule has 0 spiro atoms. The monoisotopic (exact) mass is 530 g/mol. The second kappa shape index (κ2) is 14.1. The SMILES string of the molecule is CC(C)CC(NC(=O)C(NC(=O)C(Cc1ccc(O)cc1)NC(=O)C(N)Cc1cnc[nH]1)C(C)C)C(=O)O. The van der Waals surface area contributed by atoms with E-state index in [0.717, 1.165) is 0 Å². The Hall–Kier alpha value is -3.93. The number of hydrogen-bond acceptors (Lipinski definition) is 7. The van der Waals surface area contributed by atoms with Crippen molar-refractivity contribution in [3.8, 4) is 5.75 Å². The Kier molecular flexibility index (Phi) is 11.3. The third-order valence-electron chi connectivity index (χ3n) is 5.91. The van der Waals surface area contributed by atoms with Crippen molar-refractivity contribution in [2.45, 2.75) is 71.1 Å². The van der Waals surface area contributed by atoms with Gasteiger partial charge in [0.25, 0.3) is 0 Å². The van der Waals surface area contributed by atoms with E-state index in [1.54, 1.807) is 32.2 Å². The summed E-state index contributed by atoms with van der Waals surface area (Å²) in [7, 11) is 0. The molecule has 0 aliphatic rings. The molecule has 8 N–H and O–H groups in total. The number of aromatic amines is 1. The Balaban J connectivity index is 2.20. The summed E-state index contributed by atoms with van der Waals surface area (Å²) in [5.41, 5.74) is 7.35. The summed E-state index contributed by atoms with van der Waals surface area (Å²) in [6.45, 7) is 7.13. The van der Waals surface area contributed by atoms with Crippen LogP contribution in [0.5, 0.6) is 5.75 Å². The molecule has 4 atom stereocenters. The first-order valence-corrected chi connectivity index (χ1v) is 12.5. The Morgan fingerprint density at radius 2 is 1.55 bits per heavy atom. The summed E-state index contributed by atoms with van der Waals surface area (Å²) >= 11 is 0. The normalized spacial score (nSPS) is 14.4. The number of nitrogens with one attached hydrogen (secondary N) is 4. The maximum atomic E-state index is 13.4. The van der Waals surface area contributed by atoms with Gasteiger partial charge in [-0.15, -0.1) is 0 Å². The van der Waals surface area contributed by atoms with E-state index >= 15 is 0 Å². The molecule has 0 saturated carbocycles. The quantitative estimate of drug-likeness (QED) is 0.183. The lowest BCUT2D eigenvalue weighted by molar-refractivity contribution is -0.143. The lowest BCUT2D eigenvalue weighted by atomic mass is 9.99. The molecule has 0 radical (unpaired) electrons. The highest BCUT2D eigenvalue weighted by atomic mass is 16.4. The predicted octanol–water partition coefficient (Wildman–Crippen LogP) is 0.469. The summed E-state index contributed by atoms with van der Waals surface area (Å²) in [4.78, 5) is 57.7. The molecule has 0 bridgehead atoms. The first-order valence-electron chi connectivity index (χ1n) is 12.5.